The lowest BCUT2D eigenvalue weighted by molar-refractivity contribution is -0.118. The molecule has 0 radical (unpaired) electrons. The number of nitrogens with two attached hydrogens (primary N) is 1. The summed E-state index contributed by atoms with van der Waals surface area (Å²) < 4.78 is 27.0. The number of anilines is 2. The number of carbonyl (C=O) groups is 1. The van der Waals surface area contributed by atoms with E-state index in [4.69, 9.17) is 5.73 Å². The lowest BCUT2D eigenvalue weighted by Gasteiger charge is -2.26. The van der Waals surface area contributed by atoms with Gasteiger partial charge in [0, 0.05) is 24.6 Å². The summed E-state index contributed by atoms with van der Waals surface area (Å²) >= 11 is 0. The largest absolute Gasteiger partial charge is 0.370 e. The van der Waals surface area contributed by atoms with Crippen molar-refractivity contribution in [2.45, 2.75) is 32.7 Å². The monoisotopic (exact) mass is 272 g/mol. The van der Waals surface area contributed by atoms with E-state index in [-0.39, 0.29) is 18.1 Å². The van der Waals surface area contributed by atoms with Gasteiger partial charge in [0.1, 0.15) is 0 Å². The fourth-order valence-electron chi connectivity index (χ4n) is 1.65. The highest BCUT2D eigenvalue weighted by Crippen LogP contribution is 2.23. The zero-order valence-electron chi connectivity index (χ0n) is 11.2. The van der Waals surface area contributed by atoms with Gasteiger partial charge in [-0.1, -0.05) is 0 Å². The van der Waals surface area contributed by atoms with Crippen LogP contribution >= 0.6 is 0 Å². The first kappa shape index (κ1) is 15.1. The van der Waals surface area contributed by atoms with Crippen LogP contribution < -0.4 is 16.4 Å². The highest BCUT2D eigenvalue weighted by molar-refractivity contribution is 5.75. The Hall–Kier alpha value is -1.92. The Morgan fingerprint density at radius 3 is 2.47 bits per heavy atom. The molecule has 1 aromatic heterocycles. The van der Waals surface area contributed by atoms with E-state index in [2.05, 4.69) is 15.6 Å². The fourth-order valence-corrected chi connectivity index (χ4v) is 1.65. The molecule has 1 rings (SSSR count). The molecule has 0 unspecified atom stereocenters. The minimum Gasteiger partial charge on any atom is -0.370 e. The lowest BCUT2D eigenvalue weighted by Crippen LogP contribution is -2.36. The molecular weight excluding hydrogens is 254 g/mol. The third-order valence-electron chi connectivity index (χ3n) is 2.35. The molecular formula is C12H18F2N4O. The van der Waals surface area contributed by atoms with Crippen LogP contribution in [0.4, 0.5) is 20.4 Å². The van der Waals surface area contributed by atoms with Gasteiger partial charge in [-0.15, -0.1) is 0 Å². The van der Waals surface area contributed by atoms with Crippen molar-refractivity contribution in [2.24, 2.45) is 5.73 Å². The van der Waals surface area contributed by atoms with Crippen LogP contribution in [0, 0.1) is 11.6 Å². The number of nitrogens with zero attached hydrogens (tertiary/aromatic N) is 1. The second kappa shape index (κ2) is 5.81. The van der Waals surface area contributed by atoms with E-state index in [1.54, 1.807) is 20.8 Å². The van der Waals surface area contributed by atoms with Gasteiger partial charge in [0.05, 0.1) is 0 Å². The molecule has 1 heterocycles. The summed E-state index contributed by atoms with van der Waals surface area (Å²) in [6.07, 6.45) is 0.00202. The predicted molar refractivity (Wildman–Crippen MR) is 69.8 cm³/mol. The van der Waals surface area contributed by atoms with E-state index in [0.29, 0.717) is 6.54 Å². The van der Waals surface area contributed by atoms with Gasteiger partial charge in [-0.2, -0.15) is 0 Å². The molecule has 19 heavy (non-hydrogen) atoms. The van der Waals surface area contributed by atoms with E-state index >= 15 is 0 Å². The van der Waals surface area contributed by atoms with E-state index in [1.165, 1.54) is 0 Å². The summed E-state index contributed by atoms with van der Waals surface area (Å²) in [7, 11) is 0. The third kappa shape index (κ3) is 4.35. The quantitative estimate of drug-likeness (QED) is 0.738. The van der Waals surface area contributed by atoms with Crippen LogP contribution in [0.1, 0.15) is 27.2 Å². The number of aromatic nitrogens is 1. The maximum atomic E-state index is 13.6. The summed E-state index contributed by atoms with van der Waals surface area (Å²) in [4.78, 5) is 14.7. The van der Waals surface area contributed by atoms with Gasteiger partial charge in [-0.05, 0) is 20.8 Å². The molecule has 0 aliphatic heterocycles. The average Bonchev–Trinajstić information content (AvgIpc) is 2.23. The molecule has 4 N–H and O–H groups in total. The van der Waals surface area contributed by atoms with Gasteiger partial charge in [0.25, 0.3) is 0 Å². The molecule has 0 bridgehead atoms. The number of hydrogen-bond acceptors (Lipinski definition) is 4. The third-order valence-corrected chi connectivity index (χ3v) is 2.35. The molecule has 5 nitrogen and oxygen atoms in total. The van der Waals surface area contributed by atoms with Gasteiger partial charge in [-0.25, -0.2) is 13.8 Å². The standard InChI is InChI=1S/C12H18F2N4O/c1-4-16-10-7(13)5-8(14)11(17-10)18-12(2,3)6-9(15)19/h5H,4,6H2,1-3H3,(H2,15,19)(H2,16,17,18). The summed E-state index contributed by atoms with van der Waals surface area (Å²) in [5, 5.41) is 5.44. The molecule has 7 heteroatoms. The normalized spacial score (nSPS) is 11.2. The first-order chi connectivity index (χ1) is 8.75. The van der Waals surface area contributed by atoms with Gasteiger partial charge < -0.3 is 16.4 Å². The minimum atomic E-state index is -0.823. The Labute approximate surface area is 110 Å². The molecule has 0 atom stereocenters. The van der Waals surface area contributed by atoms with Crippen molar-refractivity contribution in [1.29, 1.82) is 0 Å². The van der Waals surface area contributed by atoms with E-state index in [1.807, 2.05) is 0 Å². The highest BCUT2D eigenvalue weighted by Gasteiger charge is 2.23. The van der Waals surface area contributed by atoms with Crippen LogP contribution in [-0.2, 0) is 4.79 Å². The first-order valence-electron chi connectivity index (χ1n) is 5.91. The molecule has 0 aliphatic carbocycles. The number of primary amides is 1. The minimum absolute atomic E-state index is 0.00202. The Kier molecular flexibility index (Phi) is 4.63. The van der Waals surface area contributed by atoms with Crippen LogP contribution in [0.25, 0.3) is 0 Å². The Morgan fingerprint density at radius 1 is 1.37 bits per heavy atom. The van der Waals surface area contributed by atoms with Crippen molar-refractivity contribution in [1.82, 2.24) is 4.98 Å². The average molecular weight is 272 g/mol. The van der Waals surface area contributed by atoms with Crippen molar-refractivity contribution in [3.05, 3.63) is 17.7 Å². The number of rotatable bonds is 6. The van der Waals surface area contributed by atoms with Crippen molar-refractivity contribution < 1.29 is 13.6 Å². The molecule has 0 spiro atoms. The highest BCUT2D eigenvalue weighted by atomic mass is 19.1. The van der Waals surface area contributed by atoms with Crippen LogP contribution in [0.15, 0.2) is 6.07 Å². The predicted octanol–water partition coefficient (Wildman–Crippen LogP) is 1.86. The number of hydrogen-bond donors (Lipinski definition) is 3. The summed E-state index contributed by atoms with van der Waals surface area (Å²) in [5.41, 5.74) is 4.33. The van der Waals surface area contributed by atoms with Crippen molar-refractivity contribution >= 4 is 17.5 Å². The Bertz CT molecular complexity index is 477. The maximum absolute atomic E-state index is 13.6. The van der Waals surface area contributed by atoms with Crippen LogP contribution in [0.5, 0.6) is 0 Å². The Morgan fingerprint density at radius 2 is 1.95 bits per heavy atom. The van der Waals surface area contributed by atoms with Gasteiger partial charge in [0.2, 0.25) is 5.91 Å². The summed E-state index contributed by atoms with van der Waals surface area (Å²) in [5.74, 6) is -2.27. The topological polar surface area (TPSA) is 80.0 Å². The lowest BCUT2D eigenvalue weighted by atomic mass is 10.0. The molecule has 0 saturated carbocycles. The zero-order chi connectivity index (χ0) is 14.6. The maximum Gasteiger partial charge on any atom is 0.219 e. The van der Waals surface area contributed by atoms with Crippen LogP contribution in [0.3, 0.4) is 0 Å². The van der Waals surface area contributed by atoms with Crippen LogP contribution in [-0.4, -0.2) is 23.0 Å². The number of halogens is 2. The number of carbonyl (C=O) groups excluding carboxylic acids is 1. The first-order valence-corrected chi connectivity index (χ1v) is 5.91. The smallest absolute Gasteiger partial charge is 0.219 e. The molecule has 0 aromatic carbocycles. The molecule has 0 fully saturated rings. The zero-order valence-corrected chi connectivity index (χ0v) is 11.2. The van der Waals surface area contributed by atoms with E-state index < -0.39 is 23.1 Å². The summed E-state index contributed by atoms with van der Waals surface area (Å²) in [6, 6.07) is 0.744. The van der Waals surface area contributed by atoms with E-state index in [0.717, 1.165) is 6.07 Å². The number of amides is 1. The molecule has 106 valence electrons. The second-order valence-electron chi connectivity index (χ2n) is 4.83. The van der Waals surface area contributed by atoms with Crippen molar-refractivity contribution in [3.63, 3.8) is 0 Å². The fraction of sp³-hybridized carbons (Fsp3) is 0.500. The molecule has 1 amide bonds. The molecule has 0 saturated heterocycles. The SMILES string of the molecule is CCNc1nc(NC(C)(C)CC(N)=O)c(F)cc1F. The van der Waals surface area contributed by atoms with Crippen LogP contribution in [0.2, 0.25) is 0 Å². The van der Waals surface area contributed by atoms with Gasteiger partial charge >= 0.3 is 0 Å². The number of pyridine rings is 1. The molecule has 1 aromatic rings. The van der Waals surface area contributed by atoms with Crippen molar-refractivity contribution in [2.75, 3.05) is 17.2 Å². The number of nitrogens with one attached hydrogen (secondary N) is 2. The molecule has 0 aliphatic rings. The van der Waals surface area contributed by atoms with Gasteiger partial charge in [0.15, 0.2) is 23.3 Å². The summed E-state index contributed by atoms with van der Waals surface area (Å²) in [6.45, 7) is 5.58. The Balaban J connectivity index is 3.00. The second-order valence-corrected chi connectivity index (χ2v) is 4.83. The van der Waals surface area contributed by atoms with E-state index in [9.17, 15) is 13.6 Å². The van der Waals surface area contributed by atoms with Gasteiger partial charge in [-0.3, -0.25) is 4.79 Å². The van der Waals surface area contributed by atoms with Crippen molar-refractivity contribution in [3.8, 4) is 0 Å².